The van der Waals surface area contributed by atoms with Crippen LogP contribution in [0.5, 0.6) is 0 Å². The average molecular weight is 246 g/mol. The second kappa shape index (κ2) is 8.14. The quantitative estimate of drug-likeness (QED) is 0.298. The lowest BCUT2D eigenvalue weighted by Gasteiger charge is -2.04. The van der Waals surface area contributed by atoms with E-state index in [1.54, 1.807) is 12.1 Å². The van der Waals surface area contributed by atoms with Crippen LogP contribution in [0.15, 0.2) is 29.4 Å². The average Bonchev–Trinajstić information content (AvgIpc) is 2.38. The molecule has 0 unspecified atom stereocenters. The number of hydrogen-bond donors (Lipinski definition) is 0. The molecule has 0 aromatic heterocycles. The molecule has 0 heterocycles. The molecule has 0 N–H and O–H groups in total. The molecule has 0 aliphatic carbocycles. The summed E-state index contributed by atoms with van der Waals surface area (Å²) in [5, 5.41) is 14.3. The van der Waals surface area contributed by atoms with Crippen molar-refractivity contribution in [2.45, 2.75) is 32.1 Å². The highest BCUT2D eigenvalue weighted by Gasteiger charge is 2.09. The molecule has 0 aliphatic heterocycles. The van der Waals surface area contributed by atoms with E-state index in [4.69, 9.17) is 5.53 Å². The molecule has 5 heteroatoms. The normalized spacial score (nSPS) is 9.78. The van der Waals surface area contributed by atoms with Gasteiger partial charge in [0.1, 0.15) is 0 Å². The first-order chi connectivity index (χ1) is 8.75. The summed E-state index contributed by atoms with van der Waals surface area (Å²) in [5.74, 6) is -1.12. The van der Waals surface area contributed by atoms with E-state index in [2.05, 4.69) is 10.0 Å². The van der Waals surface area contributed by atoms with Crippen molar-refractivity contribution in [1.29, 1.82) is 0 Å². The monoisotopic (exact) mass is 246 g/mol. The molecule has 0 atom stereocenters. The molecule has 95 valence electrons. The van der Waals surface area contributed by atoms with Crippen LogP contribution in [0.25, 0.3) is 10.4 Å². The van der Waals surface area contributed by atoms with Gasteiger partial charge in [-0.3, -0.25) is 0 Å². The van der Waals surface area contributed by atoms with E-state index < -0.39 is 5.97 Å². The zero-order valence-electron chi connectivity index (χ0n) is 10.2. The van der Waals surface area contributed by atoms with Crippen LogP contribution < -0.4 is 0 Å². The van der Waals surface area contributed by atoms with E-state index in [9.17, 15) is 9.90 Å². The van der Waals surface area contributed by atoms with Crippen molar-refractivity contribution in [2.75, 3.05) is 6.54 Å². The lowest BCUT2D eigenvalue weighted by molar-refractivity contribution is 0.0572. The van der Waals surface area contributed by atoms with Crippen molar-refractivity contribution >= 4 is 5.97 Å². The predicted octanol–water partition coefficient (Wildman–Crippen LogP) is 3.67. The molecule has 18 heavy (non-hydrogen) atoms. The van der Waals surface area contributed by atoms with Crippen molar-refractivity contribution in [2.24, 2.45) is 5.11 Å². The third-order valence-corrected chi connectivity index (χ3v) is 2.75. The van der Waals surface area contributed by atoms with Crippen molar-refractivity contribution in [3.8, 4) is 0 Å². The lowest BCUT2D eigenvalue weighted by Crippen LogP contribution is -2.00. The molecule has 0 saturated carbocycles. The summed E-state index contributed by atoms with van der Waals surface area (Å²) >= 11 is 0. The maximum absolute atomic E-state index is 10.9. The van der Waals surface area contributed by atoms with E-state index >= 15 is 0 Å². The van der Waals surface area contributed by atoms with Crippen molar-refractivity contribution in [3.63, 3.8) is 0 Å². The Kier molecular flexibility index (Phi) is 6.36. The SMILES string of the molecule is [N-]=[N+]=NCCCCCCc1ccccc1C([O])=O. The van der Waals surface area contributed by atoms with Gasteiger partial charge in [-0.1, -0.05) is 36.2 Å². The Morgan fingerprint density at radius 1 is 1.17 bits per heavy atom. The van der Waals surface area contributed by atoms with E-state index in [0.717, 1.165) is 37.7 Å². The molecule has 0 aliphatic rings. The molecule has 5 nitrogen and oxygen atoms in total. The fourth-order valence-electron chi connectivity index (χ4n) is 1.83. The number of hydrogen-bond acceptors (Lipinski definition) is 2. The van der Waals surface area contributed by atoms with Gasteiger partial charge < -0.3 is 0 Å². The van der Waals surface area contributed by atoms with E-state index in [-0.39, 0.29) is 5.56 Å². The number of carbonyl (C=O) groups is 1. The molecule has 0 saturated heterocycles. The smallest absolute Gasteiger partial charge is 0.241 e. The lowest BCUT2D eigenvalue weighted by atomic mass is 10.0. The van der Waals surface area contributed by atoms with Crippen LogP contribution in [-0.2, 0) is 11.5 Å². The molecule has 0 amide bonds. The van der Waals surface area contributed by atoms with Gasteiger partial charge in [-0.25, -0.2) is 9.90 Å². The molecule has 0 fully saturated rings. The van der Waals surface area contributed by atoms with Crippen LogP contribution in [0, 0.1) is 0 Å². The van der Waals surface area contributed by atoms with Gasteiger partial charge in [0.05, 0.1) is 5.56 Å². The standard InChI is InChI=1S/C13H16N3O2/c14-16-15-10-6-2-1-3-7-11-8-4-5-9-12(11)13(17)18/h4-5,8-9H,1-3,6-7,10H2. The number of carbonyl (C=O) groups excluding carboxylic acids is 1. The molecule has 0 bridgehead atoms. The maximum Gasteiger partial charge on any atom is 0.386 e. The van der Waals surface area contributed by atoms with Crippen LogP contribution in [0.1, 0.15) is 41.6 Å². The topological polar surface area (TPSA) is 85.7 Å². The van der Waals surface area contributed by atoms with Gasteiger partial charge in [-0.15, -0.1) is 0 Å². The molecular weight excluding hydrogens is 230 g/mol. The van der Waals surface area contributed by atoms with Crippen LogP contribution in [0.4, 0.5) is 0 Å². The minimum atomic E-state index is -1.12. The minimum absolute atomic E-state index is 0.284. The molecular formula is C13H16N3O2. The Balaban J connectivity index is 2.31. The number of unbranched alkanes of at least 4 members (excludes halogenated alkanes) is 3. The Labute approximate surface area is 106 Å². The van der Waals surface area contributed by atoms with Crippen LogP contribution >= 0.6 is 0 Å². The molecule has 1 aromatic carbocycles. The minimum Gasteiger partial charge on any atom is -0.241 e. The Hall–Kier alpha value is -2.00. The molecule has 1 rings (SSSR count). The summed E-state index contributed by atoms with van der Waals surface area (Å²) in [4.78, 5) is 13.6. The van der Waals surface area contributed by atoms with Crippen LogP contribution in [0.2, 0.25) is 0 Å². The number of rotatable bonds is 8. The van der Waals surface area contributed by atoms with E-state index in [0.29, 0.717) is 6.54 Å². The van der Waals surface area contributed by atoms with E-state index in [1.807, 2.05) is 12.1 Å². The first-order valence-corrected chi connectivity index (χ1v) is 6.06. The van der Waals surface area contributed by atoms with Gasteiger partial charge in [0.25, 0.3) is 0 Å². The fourth-order valence-corrected chi connectivity index (χ4v) is 1.83. The summed E-state index contributed by atoms with van der Waals surface area (Å²) in [5.41, 5.74) is 9.21. The highest BCUT2D eigenvalue weighted by atomic mass is 16.4. The molecule has 1 aromatic rings. The second-order valence-corrected chi connectivity index (χ2v) is 4.06. The van der Waals surface area contributed by atoms with Crippen LogP contribution in [0.3, 0.4) is 0 Å². The largest absolute Gasteiger partial charge is 0.386 e. The number of azide groups is 1. The first-order valence-electron chi connectivity index (χ1n) is 6.06. The van der Waals surface area contributed by atoms with Crippen molar-refractivity contribution in [1.82, 2.24) is 0 Å². The van der Waals surface area contributed by atoms with Gasteiger partial charge in [0, 0.05) is 11.5 Å². The Morgan fingerprint density at radius 3 is 2.61 bits per heavy atom. The number of benzene rings is 1. The zero-order chi connectivity index (χ0) is 13.2. The number of nitrogens with zero attached hydrogens (tertiary/aromatic N) is 3. The second-order valence-electron chi connectivity index (χ2n) is 4.06. The van der Waals surface area contributed by atoms with Gasteiger partial charge in [0.2, 0.25) is 0 Å². The van der Waals surface area contributed by atoms with Gasteiger partial charge in [-0.2, -0.15) is 0 Å². The predicted molar refractivity (Wildman–Crippen MR) is 67.6 cm³/mol. The highest BCUT2D eigenvalue weighted by Crippen LogP contribution is 2.13. The van der Waals surface area contributed by atoms with Crippen molar-refractivity contribution in [3.05, 3.63) is 45.8 Å². The summed E-state index contributed by atoms with van der Waals surface area (Å²) < 4.78 is 0. The summed E-state index contributed by atoms with van der Waals surface area (Å²) in [6, 6.07) is 6.94. The van der Waals surface area contributed by atoms with E-state index in [1.165, 1.54) is 0 Å². The third-order valence-electron chi connectivity index (χ3n) is 2.75. The Morgan fingerprint density at radius 2 is 1.89 bits per heavy atom. The van der Waals surface area contributed by atoms with Crippen LogP contribution in [-0.4, -0.2) is 12.5 Å². The Bertz CT molecular complexity index is 440. The number of aryl methyl sites for hydroxylation is 1. The first kappa shape index (κ1) is 14.1. The highest BCUT2D eigenvalue weighted by molar-refractivity contribution is 5.88. The summed E-state index contributed by atoms with van der Waals surface area (Å²) in [6.45, 7) is 0.534. The van der Waals surface area contributed by atoms with Gasteiger partial charge in [-0.05, 0) is 36.4 Å². The van der Waals surface area contributed by atoms with Gasteiger partial charge >= 0.3 is 5.97 Å². The summed E-state index contributed by atoms with van der Waals surface area (Å²) in [7, 11) is 0. The van der Waals surface area contributed by atoms with Crippen molar-refractivity contribution < 1.29 is 9.90 Å². The zero-order valence-corrected chi connectivity index (χ0v) is 10.2. The van der Waals surface area contributed by atoms with Gasteiger partial charge in [0.15, 0.2) is 0 Å². The summed E-state index contributed by atoms with van der Waals surface area (Å²) in [6.07, 6.45) is 4.55. The molecule has 0 spiro atoms. The maximum atomic E-state index is 10.9. The molecule has 1 radical (unpaired) electrons. The third kappa shape index (κ3) is 4.89. The fraction of sp³-hybridized carbons (Fsp3) is 0.462.